The largest absolute Gasteiger partial charge is 0.491 e. The number of hydrogen-bond donors (Lipinski definition) is 1. The third kappa shape index (κ3) is 5.83. The first-order valence-corrected chi connectivity index (χ1v) is 7.89. The van der Waals surface area contributed by atoms with Crippen LogP contribution in [0.15, 0.2) is 48.5 Å². The second kappa shape index (κ2) is 9.06. The fourth-order valence-electron chi connectivity index (χ4n) is 2.17. The molecule has 4 heteroatoms. The zero-order chi connectivity index (χ0) is 16.5. The van der Waals surface area contributed by atoms with E-state index in [0.717, 1.165) is 22.7 Å². The van der Waals surface area contributed by atoms with Crippen LogP contribution in [0.25, 0.3) is 0 Å². The first kappa shape index (κ1) is 17.2. The molecule has 0 aliphatic heterocycles. The van der Waals surface area contributed by atoms with E-state index >= 15 is 0 Å². The summed E-state index contributed by atoms with van der Waals surface area (Å²) >= 11 is 0. The Morgan fingerprint density at radius 3 is 2.61 bits per heavy atom. The highest BCUT2D eigenvalue weighted by Crippen LogP contribution is 2.22. The first-order valence-electron chi connectivity index (χ1n) is 7.89. The van der Waals surface area contributed by atoms with Gasteiger partial charge >= 0.3 is 0 Å². The molecule has 0 aliphatic rings. The summed E-state index contributed by atoms with van der Waals surface area (Å²) in [5.41, 5.74) is 2.13. The lowest BCUT2D eigenvalue weighted by Crippen LogP contribution is -2.08. The van der Waals surface area contributed by atoms with E-state index in [2.05, 4.69) is 11.4 Å². The van der Waals surface area contributed by atoms with Crippen molar-refractivity contribution < 1.29 is 14.2 Å². The second-order valence-corrected chi connectivity index (χ2v) is 5.50. The number of anilines is 1. The number of hydrogen-bond acceptors (Lipinski definition) is 4. The van der Waals surface area contributed by atoms with Crippen LogP contribution >= 0.6 is 0 Å². The predicted octanol–water partition coefficient (Wildman–Crippen LogP) is 4.11. The van der Waals surface area contributed by atoms with E-state index in [0.29, 0.717) is 19.8 Å². The third-order valence-corrected chi connectivity index (χ3v) is 3.21. The van der Waals surface area contributed by atoms with Crippen LogP contribution in [0.3, 0.4) is 0 Å². The van der Waals surface area contributed by atoms with Gasteiger partial charge in [0.2, 0.25) is 0 Å². The summed E-state index contributed by atoms with van der Waals surface area (Å²) in [4.78, 5) is 0. The van der Waals surface area contributed by atoms with Gasteiger partial charge in [-0.1, -0.05) is 24.3 Å². The van der Waals surface area contributed by atoms with E-state index in [-0.39, 0.29) is 6.10 Å². The van der Waals surface area contributed by atoms with Gasteiger partial charge in [-0.05, 0) is 32.0 Å². The summed E-state index contributed by atoms with van der Waals surface area (Å²) < 4.78 is 16.5. The average molecular weight is 315 g/mol. The van der Waals surface area contributed by atoms with Crippen molar-refractivity contribution >= 4 is 5.69 Å². The van der Waals surface area contributed by atoms with Gasteiger partial charge in [-0.3, -0.25) is 0 Å². The molecule has 0 radical (unpaired) electrons. The Labute approximate surface area is 138 Å². The normalized spacial score (nSPS) is 10.6. The smallest absolute Gasteiger partial charge is 0.124 e. The number of nitrogens with one attached hydrogen (secondary N) is 1. The highest BCUT2D eigenvalue weighted by atomic mass is 16.5. The van der Waals surface area contributed by atoms with Gasteiger partial charge in [0.1, 0.15) is 18.1 Å². The molecule has 1 N–H and O–H groups in total. The predicted molar refractivity (Wildman–Crippen MR) is 93.3 cm³/mol. The van der Waals surface area contributed by atoms with E-state index < -0.39 is 0 Å². The lowest BCUT2D eigenvalue weighted by molar-refractivity contribution is 0.146. The zero-order valence-electron chi connectivity index (χ0n) is 14.0. The lowest BCUT2D eigenvalue weighted by atomic mass is 10.2. The Kier molecular flexibility index (Phi) is 6.76. The van der Waals surface area contributed by atoms with E-state index in [9.17, 15) is 0 Å². The molecular formula is C19H25NO3. The second-order valence-electron chi connectivity index (χ2n) is 5.50. The molecule has 0 aliphatic carbocycles. The number of para-hydroxylation sites is 1. The Morgan fingerprint density at radius 1 is 1.00 bits per heavy atom. The van der Waals surface area contributed by atoms with E-state index in [4.69, 9.17) is 14.2 Å². The fraction of sp³-hybridized carbons (Fsp3) is 0.368. The van der Waals surface area contributed by atoms with Crippen LogP contribution in [-0.2, 0) is 11.3 Å². The van der Waals surface area contributed by atoms with Crippen molar-refractivity contribution in [1.29, 1.82) is 0 Å². The van der Waals surface area contributed by atoms with Crippen molar-refractivity contribution in [3.05, 3.63) is 54.1 Å². The Balaban J connectivity index is 1.98. The monoisotopic (exact) mass is 315 g/mol. The van der Waals surface area contributed by atoms with Crippen molar-refractivity contribution in [1.82, 2.24) is 0 Å². The first-order chi connectivity index (χ1) is 11.2. The topological polar surface area (TPSA) is 39.7 Å². The molecule has 0 amide bonds. The number of ether oxygens (including phenoxy) is 3. The van der Waals surface area contributed by atoms with E-state index in [1.54, 1.807) is 7.11 Å². The van der Waals surface area contributed by atoms with Crippen molar-refractivity contribution in [2.75, 3.05) is 25.6 Å². The molecule has 2 aromatic carbocycles. The molecule has 0 heterocycles. The number of benzene rings is 2. The van der Waals surface area contributed by atoms with Crippen LogP contribution in [0.5, 0.6) is 11.5 Å². The van der Waals surface area contributed by atoms with Gasteiger partial charge in [0.25, 0.3) is 0 Å². The quantitative estimate of drug-likeness (QED) is 0.707. The minimum Gasteiger partial charge on any atom is -0.491 e. The summed E-state index contributed by atoms with van der Waals surface area (Å²) in [6, 6.07) is 16.0. The van der Waals surface area contributed by atoms with Gasteiger partial charge in [-0.15, -0.1) is 0 Å². The molecule has 4 nitrogen and oxygen atoms in total. The summed E-state index contributed by atoms with van der Waals surface area (Å²) in [5, 5.41) is 3.41. The minimum absolute atomic E-state index is 0.167. The van der Waals surface area contributed by atoms with Crippen LogP contribution in [0, 0.1) is 0 Å². The number of rotatable bonds is 9. The Morgan fingerprint density at radius 2 is 1.83 bits per heavy atom. The maximum atomic E-state index is 5.75. The molecule has 0 saturated heterocycles. The van der Waals surface area contributed by atoms with Crippen molar-refractivity contribution in [2.45, 2.75) is 26.5 Å². The maximum absolute atomic E-state index is 5.75. The molecule has 0 atom stereocenters. The standard InChI is InChI=1S/C19H25NO3/c1-15(2)23-18-9-6-8-17(13-18)20-14-16-7-4-5-10-19(16)22-12-11-21-3/h4-10,13,15,20H,11-12,14H2,1-3H3. The summed E-state index contributed by atoms with van der Waals surface area (Å²) in [7, 11) is 1.67. The molecule has 2 aromatic rings. The molecule has 124 valence electrons. The lowest BCUT2D eigenvalue weighted by Gasteiger charge is -2.14. The van der Waals surface area contributed by atoms with Crippen LogP contribution in [0.4, 0.5) is 5.69 Å². The molecule has 0 bridgehead atoms. The highest BCUT2D eigenvalue weighted by molar-refractivity contribution is 5.49. The summed E-state index contributed by atoms with van der Waals surface area (Å²) in [6.45, 7) is 5.86. The van der Waals surface area contributed by atoms with Gasteiger partial charge in [-0.25, -0.2) is 0 Å². The van der Waals surface area contributed by atoms with Gasteiger partial charge < -0.3 is 19.5 Å². The highest BCUT2D eigenvalue weighted by Gasteiger charge is 2.04. The van der Waals surface area contributed by atoms with E-state index in [1.807, 2.05) is 56.3 Å². The SMILES string of the molecule is COCCOc1ccccc1CNc1cccc(OC(C)C)c1. The van der Waals surface area contributed by atoms with Gasteiger partial charge in [0.15, 0.2) is 0 Å². The van der Waals surface area contributed by atoms with Crippen LogP contribution in [-0.4, -0.2) is 26.4 Å². The molecule has 2 rings (SSSR count). The molecule has 0 fully saturated rings. The van der Waals surface area contributed by atoms with Crippen molar-refractivity contribution in [2.24, 2.45) is 0 Å². The fourth-order valence-corrected chi connectivity index (χ4v) is 2.17. The Bertz CT molecular complexity index is 599. The van der Waals surface area contributed by atoms with Crippen LogP contribution in [0.2, 0.25) is 0 Å². The van der Waals surface area contributed by atoms with Gasteiger partial charge in [0, 0.05) is 31.0 Å². The average Bonchev–Trinajstić information content (AvgIpc) is 2.54. The van der Waals surface area contributed by atoms with Gasteiger partial charge in [0.05, 0.1) is 12.7 Å². The summed E-state index contributed by atoms with van der Waals surface area (Å²) in [6.07, 6.45) is 0.167. The van der Waals surface area contributed by atoms with Crippen LogP contribution in [0.1, 0.15) is 19.4 Å². The van der Waals surface area contributed by atoms with Gasteiger partial charge in [-0.2, -0.15) is 0 Å². The third-order valence-electron chi connectivity index (χ3n) is 3.21. The molecule has 0 aromatic heterocycles. The number of methoxy groups -OCH3 is 1. The van der Waals surface area contributed by atoms with Crippen molar-refractivity contribution in [3.63, 3.8) is 0 Å². The van der Waals surface area contributed by atoms with Crippen LogP contribution < -0.4 is 14.8 Å². The maximum Gasteiger partial charge on any atom is 0.124 e. The molecule has 23 heavy (non-hydrogen) atoms. The minimum atomic E-state index is 0.167. The van der Waals surface area contributed by atoms with E-state index in [1.165, 1.54) is 0 Å². The zero-order valence-corrected chi connectivity index (χ0v) is 14.0. The molecule has 0 spiro atoms. The Hall–Kier alpha value is -2.20. The molecule has 0 unspecified atom stereocenters. The molecule has 0 saturated carbocycles. The molecular weight excluding hydrogens is 290 g/mol. The van der Waals surface area contributed by atoms with Crippen molar-refractivity contribution in [3.8, 4) is 11.5 Å². The summed E-state index contributed by atoms with van der Waals surface area (Å²) in [5.74, 6) is 1.75.